The molecule has 1 aliphatic heterocycles. The van der Waals surface area contributed by atoms with E-state index in [0.717, 1.165) is 55.3 Å². The monoisotopic (exact) mass is 719 g/mol. The van der Waals surface area contributed by atoms with Crippen molar-refractivity contribution in [3.05, 3.63) is 24.3 Å². The minimum absolute atomic E-state index is 0.0485. The Balaban J connectivity index is 0.913. The van der Waals surface area contributed by atoms with Gasteiger partial charge in [0, 0.05) is 12.8 Å². The second kappa shape index (κ2) is 15.0. The Morgan fingerprint density at radius 1 is 1.02 bits per heavy atom. The summed E-state index contributed by atoms with van der Waals surface area (Å²) in [6.45, 7) is 12.2. The highest BCUT2D eigenvalue weighted by molar-refractivity contribution is 5.81. The van der Waals surface area contributed by atoms with E-state index in [2.05, 4.69) is 55.6 Å². The number of aliphatic hydroxyl groups excluding tert-OH is 1. The van der Waals surface area contributed by atoms with Crippen LogP contribution < -0.4 is 5.73 Å². The number of nitrogen functional groups attached to an aromatic ring is 1. The minimum atomic E-state index is -0.747. The highest BCUT2D eigenvalue weighted by atomic mass is 16.6. The predicted octanol–water partition coefficient (Wildman–Crippen LogP) is 7.33. The summed E-state index contributed by atoms with van der Waals surface area (Å²) >= 11 is 0. The molecule has 4 fully saturated rings. The van der Waals surface area contributed by atoms with Crippen molar-refractivity contribution in [2.24, 2.45) is 46.3 Å². The number of anilines is 1. The lowest BCUT2D eigenvalue weighted by molar-refractivity contribution is -0.160. The molecule has 4 unspecified atom stereocenters. The molecular weight excluding hydrogens is 658 g/mol. The molecule has 5 aliphatic rings. The van der Waals surface area contributed by atoms with Gasteiger partial charge in [0.15, 0.2) is 17.7 Å². The fourth-order valence-corrected chi connectivity index (χ4v) is 11.7. The number of rotatable bonds is 12. The quantitative estimate of drug-likeness (QED) is 0.168. The standard InChI is InChI=1S/C41H61N5O6/c1-24(2)7-6-8-25(3)30-11-12-31-29-10-9-26-19-27(15-17-40(26,4)32(29)16-18-41(30,31)5)50-34(48)13-14-35(49)52-33-20-28(21-47)51-39(33)46-23-45-36-37(42)43-22-44-38(36)46/h9,22-25,27-33,39,47H,6-8,10-21H2,1-5H3,(H2,42,43,44)/t25-,27?,28+,29?,30-,31?,32?,33-,39-,40+,41-/m1/s1. The Morgan fingerprint density at radius 2 is 1.81 bits per heavy atom. The van der Waals surface area contributed by atoms with E-state index < -0.39 is 24.4 Å². The van der Waals surface area contributed by atoms with E-state index >= 15 is 0 Å². The van der Waals surface area contributed by atoms with Gasteiger partial charge in [-0.1, -0.05) is 65.5 Å². The summed E-state index contributed by atoms with van der Waals surface area (Å²) < 4.78 is 19.4. The van der Waals surface area contributed by atoms with Crippen molar-refractivity contribution in [2.45, 2.75) is 149 Å². The molecule has 0 aromatic carbocycles. The zero-order chi connectivity index (χ0) is 36.8. The average Bonchev–Trinajstić information content (AvgIpc) is 3.82. The van der Waals surface area contributed by atoms with Gasteiger partial charge in [0.1, 0.15) is 24.1 Å². The maximum Gasteiger partial charge on any atom is 0.306 e. The van der Waals surface area contributed by atoms with Crippen LogP contribution in [0.2, 0.25) is 0 Å². The van der Waals surface area contributed by atoms with Gasteiger partial charge in [-0.3, -0.25) is 14.2 Å². The molecule has 4 aliphatic carbocycles. The number of nitrogens with zero attached hydrogens (tertiary/aromatic N) is 4. The van der Waals surface area contributed by atoms with Crippen LogP contribution in [-0.4, -0.2) is 61.5 Å². The maximum absolute atomic E-state index is 13.0. The lowest BCUT2D eigenvalue weighted by Gasteiger charge is -2.58. The Labute approximate surface area is 308 Å². The van der Waals surface area contributed by atoms with Crippen LogP contribution in [0.15, 0.2) is 24.3 Å². The van der Waals surface area contributed by atoms with Crippen LogP contribution in [0.3, 0.4) is 0 Å². The number of carbonyl (C=O) groups excluding carboxylic acids is 2. The van der Waals surface area contributed by atoms with Gasteiger partial charge >= 0.3 is 11.9 Å². The predicted molar refractivity (Wildman–Crippen MR) is 197 cm³/mol. The number of hydrogen-bond acceptors (Lipinski definition) is 10. The van der Waals surface area contributed by atoms with Gasteiger partial charge in [-0.2, -0.15) is 0 Å². The summed E-state index contributed by atoms with van der Waals surface area (Å²) in [6.07, 6.45) is 16.8. The molecule has 3 saturated carbocycles. The van der Waals surface area contributed by atoms with Crippen LogP contribution in [0.4, 0.5) is 5.82 Å². The molecule has 3 heterocycles. The van der Waals surface area contributed by atoms with Crippen LogP contribution in [-0.2, 0) is 23.8 Å². The average molecular weight is 720 g/mol. The number of carbonyl (C=O) groups is 2. The zero-order valence-electron chi connectivity index (χ0n) is 32.0. The minimum Gasteiger partial charge on any atom is -0.462 e. The molecule has 11 heteroatoms. The molecule has 3 N–H and O–H groups in total. The number of esters is 2. The van der Waals surface area contributed by atoms with Crippen molar-refractivity contribution < 1.29 is 28.9 Å². The molecule has 2 aromatic rings. The van der Waals surface area contributed by atoms with Gasteiger partial charge in [-0.25, -0.2) is 15.0 Å². The number of fused-ring (bicyclic) bond motifs is 6. The van der Waals surface area contributed by atoms with Crippen LogP contribution in [0.25, 0.3) is 11.2 Å². The van der Waals surface area contributed by atoms with E-state index in [1.165, 1.54) is 63.2 Å². The maximum atomic E-state index is 13.0. The molecule has 11 atom stereocenters. The molecular formula is C41H61N5O6. The number of aromatic nitrogens is 4. The molecule has 11 nitrogen and oxygen atoms in total. The van der Waals surface area contributed by atoms with Gasteiger partial charge in [-0.05, 0) is 91.3 Å². The van der Waals surface area contributed by atoms with E-state index in [-0.39, 0.29) is 42.8 Å². The number of imidazole rings is 1. The molecule has 7 rings (SSSR count). The summed E-state index contributed by atoms with van der Waals surface area (Å²) in [7, 11) is 0. The lowest BCUT2D eigenvalue weighted by Crippen LogP contribution is -2.51. The van der Waals surface area contributed by atoms with Crippen molar-refractivity contribution >= 4 is 28.9 Å². The summed E-state index contributed by atoms with van der Waals surface area (Å²) in [5.41, 5.74) is 8.95. The summed E-state index contributed by atoms with van der Waals surface area (Å²) in [4.78, 5) is 38.6. The first-order valence-electron chi connectivity index (χ1n) is 20.2. The topological polar surface area (TPSA) is 152 Å². The van der Waals surface area contributed by atoms with E-state index in [0.29, 0.717) is 28.9 Å². The van der Waals surface area contributed by atoms with E-state index in [4.69, 9.17) is 19.9 Å². The third-order valence-corrected chi connectivity index (χ3v) is 14.4. The first-order chi connectivity index (χ1) is 24.9. The van der Waals surface area contributed by atoms with Crippen molar-refractivity contribution in [1.29, 1.82) is 0 Å². The van der Waals surface area contributed by atoms with Crippen molar-refractivity contribution in [3.8, 4) is 0 Å². The van der Waals surface area contributed by atoms with Gasteiger partial charge < -0.3 is 25.1 Å². The Bertz CT molecular complexity index is 1640. The molecule has 1 saturated heterocycles. The number of hydrogen-bond donors (Lipinski definition) is 2. The van der Waals surface area contributed by atoms with Crippen molar-refractivity contribution in [3.63, 3.8) is 0 Å². The van der Waals surface area contributed by atoms with Gasteiger partial charge in [0.2, 0.25) is 0 Å². The van der Waals surface area contributed by atoms with Crippen LogP contribution in [0.1, 0.15) is 131 Å². The third kappa shape index (κ3) is 7.01. The molecule has 2 aromatic heterocycles. The summed E-state index contributed by atoms with van der Waals surface area (Å²) in [5.74, 6) is 4.11. The molecule has 0 radical (unpaired) electrons. The van der Waals surface area contributed by atoms with E-state index in [1.807, 2.05) is 0 Å². The smallest absolute Gasteiger partial charge is 0.306 e. The van der Waals surface area contributed by atoms with Crippen LogP contribution >= 0.6 is 0 Å². The number of ether oxygens (including phenoxy) is 3. The first kappa shape index (κ1) is 37.3. The largest absolute Gasteiger partial charge is 0.462 e. The van der Waals surface area contributed by atoms with Crippen molar-refractivity contribution in [1.82, 2.24) is 19.5 Å². The van der Waals surface area contributed by atoms with Gasteiger partial charge in [0.05, 0.1) is 31.9 Å². The molecule has 0 amide bonds. The molecule has 0 bridgehead atoms. The van der Waals surface area contributed by atoms with E-state index in [1.54, 1.807) is 4.57 Å². The van der Waals surface area contributed by atoms with Gasteiger partial charge in [0.25, 0.3) is 0 Å². The Kier molecular flexibility index (Phi) is 10.8. The highest BCUT2D eigenvalue weighted by Gasteiger charge is 2.59. The van der Waals surface area contributed by atoms with Crippen LogP contribution in [0.5, 0.6) is 0 Å². The summed E-state index contributed by atoms with van der Waals surface area (Å²) in [5, 5.41) is 9.78. The van der Waals surface area contributed by atoms with Crippen LogP contribution in [0, 0.1) is 46.3 Å². The van der Waals surface area contributed by atoms with E-state index in [9.17, 15) is 14.7 Å². The summed E-state index contributed by atoms with van der Waals surface area (Å²) in [6, 6.07) is 0. The SMILES string of the molecule is CC(C)CCC[C@@H](C)[C@H]1CCC2C3CC=C4CC(OC(=O)CCC(=O)O[C@@H]5C[C@@H](CO)O[C@H]5n5cnc6c(N)ncnc65)CC[C@]4(C)C3CC[C@@]21C. The van der Waals surface area contributed by atoms with Crippen molar-refractivity contribution in [2.75, 3.05) is 12.3 Å². The molecule has 52 heavy (non-hydrogen) atoms. The number of aliphatic hydroxyl groups is 1. The zero-order valence-corrected chi connectivity index (χ0v) is 32.0. The molecule has 0 spiro atoms. The lowest BCUT2D eigenvalue weighted by atomic mass is 9.47. The second-order valence-electron chi connectivity index (χ2n) is 17.8. The highest BCUT2D eigenvalue weighted by Crippen LogP contribution is 2.67. The Morgan fingerprint density at radius 3 is 2.58 bits per heavy atom. The second-order valence-corrected chi connectivity index (χ2v) is 17.8. The Hall–Kier alpha value is -3.05. The third-order valence-electron chi connectivity index (χ3n) is 14.4. The van der Waals surface area contributed by atoms with Gasteiger partial charge in [-0.15, -0.1) is 0 Å². The number of allylic oxidation sites excluding steroid dienone is 1. The number of nitrogens with two attached hydrogens (primary N) is 1. The fourth-order valence-electron chi connectivity index (χ4n) is 11.7. The molecule has 286 valence electrons. The normalized spacial score (nSPS) is 36.2. The first-order valence-corrected chi connectivity index (χ1v) is 20.2. The fraction of sp³-hybridized carbons (Fsp3) is 0.780.